The molecule has 0 saturated carbocycles. The maximum absolute atomic E-state index is 10.4. The molecule has 0 spiro atoms. The molecule has 0 fully saturated rings. The van der Waals surface area contributed by atoms with Crippen molar-refractivity contribution in [3.63, 3.8) is 0 Å². The van der Waals surface area contributed by atoms with Gasteiger partial charge in [0.1, 0.15) is 17.6 Å². The number of aliphatic imine (C=N–C) groups is 1. The molecule has 4 nitrogen and oxygen atoms in total. The van der Waals surface area contributed by atoms with Gasteiger partial charge in [-0.05, 0) is 41.5 Å². The molecule has 3 aromatic carbocycles. The van der Waals surface area contributed by atoms with Crippen LogP contribution in [-0.4, -0.2) is 27.6 Å². The molecular formula is C20H19NO3. The summed E-state index contributed by atoms with van der Waals surface area (Å²) in [6.07, 6.45) is 0.811. The molecule has 0 aromatic heterocycles. The summed E-state index contributed by atoms with van der Waals surface area (Å²) in [6, 6.07) is 17.3. The molecule has 0 aliphatic heterocycles. The van der Waals surface area contributed by atoms with Crippen molar-refractivity contribution < 1.29 is 15.3 Å². The summed E-state index contributed by atoms with van der Waals surface area (Å²) in [5.41, 5.74) is 1.32. The van der Waals surface area contributed by atoms with Gasteiger partial charge in [-0.25, -0.2) is 0 Å². The van der Waals surface area contributed by atoms with Crippen molar-refractivity contribution in [2.45, 2.75) is 19.1 Å². The maximum Gasteiger partial charge on any atom is 0.124 e. The maximum atomic E-state index is 10.4. The molecule has 0 amide bonds. The van der Waals surface area contributed by atoms with Crippen LogP contribution in [0.4, 0.5) is 0 Å². The van der Waals surface area contributed by atoms with Crippen LogP contribution in [0.2, 0.25) is 0 Å². The fourth-order valence-electron chi connectivity index (χ4n) is 2.64. The summed E-state index contributed by atoms with van der Waals surface area (Å²) in [7, 11) is 0. The highest BCUT2D eigenvalue weighted by atomic mass is 16.3. The number of hydrogen-bond acceptors (Lipinski definition) is 4. The van der Waals surface area contributed by atoms with Gasteiger partial charge in [0.2, 0.25) is 0 Å². The van der Waals surface area contributed by atoms with E-state index in [0.717, 1.165) is 10.8 Å². The van der Waals surface area contributed by atoms with E-state index in [9.17, 15) is 15.3 Å². The lowest BCUT2D eigenvalue weighted by Crippen LogP contribution is -2.12. The van der Waals surface area contributed by atoms with Crippen molar-refractivity contribution in [2.24, 2.45) is 4.99 Å². The Labute approximate surface area is 140 Å². The van der Waals surface area contributed by atoms with Gasteiger partial charge in [-0.3, -0.25) is 4.99 Å². The number of aromatic hydroxyl groups is 2. The SMILES string of the molecule is C[C@H](N=Cc1c(O)ccc2ccccc12)[C@H](O)c1ccc(O)cc1. The number of benzene rings is 3. The van der Waals surface area contributed by atoms with Crippen molar-refractivity contribution in [3.8, 4) is 11.5 Å². The van der Waals surface area contributed by atoms with Crippen LogP contribution in [0.25, 0.3) is 10.8 Å². The number of aliphatic hydroxyl groups is 1. The van der Waals surface area contributed by atoms with Crippen LogP contribution >= 0.6 is 0 Å². The summed E-state index contributed by atoms with van der Waals surface area (Å²) >= 11 is 0. The number of phenolic OH excluding ortho intramolecular Hbond substituents is 2. The van der Waals surface area contributed by atoms with E-state index < -0.39 is 12.1 Å². The van der Waals surface area contributed by atoms with Crippen LogP contribution in [0.5, 0.6) is 11.5 Å². The average Bonchev–Trinajstić information content (AvgIpc) is 2.60. The van der Waals surface area contributed by atoms with Crippen molar-refractivity contribution in [1.29, 1.82) is 0 Å². The van der Waals surface area contributed by atoms with Gasteiger partial charge in [-0.2, -0.15) is 0 Å². The Bertz CT molecular complexity index is 872. The lowest BCUT2D eigenvalue weighted by Gasteiger charge is -2.15. The van der Waals surface area contributed by atoms with Crippen LogP contribution in [0.15, 0.2) is 65.7 Å². The van der Waals surface area contributed by atoms with E-state index >= 15 is 0 Å². The third-order valence-electron chi connectivity index (χ3n) is 4.08. The highest BCUT2D eigenvalue weighted by molar-refractivity contribution is 6.02. The predicted octanol–water partition coefficient (Wildman–Crippen LogP) is 3.79. The quantitative estimate of drug-likeness (QED) is 0.640. The highest BCUT2D eigenvalue weighted by Crippen LogP contribution is 2.26. The number of aliphatic hydroxyl groups excluding tert-OH is 1. The minimum Gasteiger partial charge on any atom is -0.508 e. The second kappa shape index (κ2) is 6.72. The standard InChI is InChI=1S/C20H19NO3/c1-13(20(24)15-6-9-16(22)10-7-15)21-12-18-17-5-3-2-4-14(17)8-11-19(18)23/h2-13,20,22-24H,1H3/t13-,20-/m0/s1. The zero-order chi connectivity index (χ0) is 17.1. The minimum absolute atomic E-state index is 0.155. The fourth-order valence-corrected chi connectivity index (χ4v) is 2.64. The molecule has 122 valence electrons. The Hall–Kier alpha value is -2.85. The number of fused-ring (bicyclic) bond motifs is 1. The molecule has 3 aromatic rings. The second-order valence-corrected chi connectivity index (χ2v) is 5.77. The number of phenols is 2. The third kappa shape index (κ3) is 3.24. The van der Waals surface area contributed by atoms with Gasteiger partial charge in [0.15, 0.2) is 0 Å². The number of nitrogens with zero attached hydrogens (tertiary/aromatic N) is 1. The molecule has 0 aliphatic rings. The van der Waals surface area contributed by atoms with E-state index in [2.05, 4.69) is 4.99 Å². The summed E-state index contributed by atoms with van der Waals surface area (Å²) in [5.74, 6) is 0.312. The first kappa shape index (κ1) is 16.0. The molecule has 4 heteroatoms. The van der Waals surface area contributed by atoms with Crippen LogP contribution in [0.3, 0.4) is 0 Å². The highest BCUT2D eigenvalue weighted by Gasteiger charge is 2.15. The summed E-state index contributed by atoms with van der Waals surface area (Å²) in [4.78, 5) is 4.41. The minimum atomic E-state index is -0.793. The predicted molar refractivity (Wildman–Crippen MR) is 95.7 cm³/mol. The lowest BCUT2D eigenvalue weighted by molar-refractivity contribution is 0.154. The van der Waals surface area contributed by atoms with Gasteiger partial charge in [0, 0.05) is 11.8 Å². The topological polar surface area (TPSA) is 73.1 Å². The van der Waals surface area contributed by atoms with E-state index in [1.807, 2.05) is 30.3 Å². The Morgan fingerprint density at radius 2 is 1.62 bits per heavy atom. The van der Waals surface area contributed by atoms with E-state index in [1.54, 1.807) is 31.3 Å². The Morgan fingerprint density at radius 3 is 2.38 bits per heavy atom. The fraction of sp³-hybridized carbons (Fsp3) is 0.150. The van der Waals surface area contributed by atoms with Crippen LogP contribution < -0.4 is 0 Å². The zero-order valence-corrected chi connectivity index (χ0v) is 13.3. The largest absolute Gasteiger partial charge is 0.508 e. The van der Waals surface area contributed by atoms with E-state index in [0.29, 0.717) is 11.1 Å². The molecule has 0 unspecified atom stereocenters. The van der Waals surface area contributed by atoms with Crippen molar-refractivity contribution in [3.05, 3.63) is 71.8 Å². The van der Waals surface area contributed by atoms with Crippen molar-refractivity contribution in [1.82, 2.24) is 0 Å². The molecule has 0 aliphatic carbocycles. The molecule has 2 atom stereocenters. The van der Waals surface area contributed by atoms with Gasteiger partial charge >= 0.3 is 0 Å². The molecule has 0 saturated heterocycles. The lowest BCUT2D eigenvalue weighted by atomic mass is 10.0. The van der Waals surface area contributed by atoms with Gasteiger partial charge in [-0.1, -0.05) is 42.5 Å². The second-order valence-electron chi connectivity index (χ2n) is 5.77. The molecule has 3 N–H and O–H groups in total. The van der Waals surface area contributed by atoms with E-state index in [-0.39, 0.29) is 11.5 Å². The van der Waals surface area contributed by atoms with Crippen LogP contribution in [0.1, 0.15) is 24.2 Å². The number of hydrogen-bond donors (Lipinski definition) is 3. The van der Waals surface area contributed by atoms with Gasteiger partial charge in [0.05, 0.1) is 6.04 Å². The third-order valence-corrected chi connectivity index (χ3v) is 4.08. The van der Waals surface area contributed by atoms with Gasteiger partial charge in [-0.15, -0.1) is 0 Å². The molecule has 24 heavy (non-hydrogen) atoms. The van der Waals surface area contributed by atoms with Crippen molar-refractivity contribution >= 4 is 17.0 Å². The van der Waals surface area contributed by atoms with Crippen LogP contribution in [0, 0.1) is 0 Å². The Kier molecular flexibility index (Phi) is 4.49. The first-order valence-corrected chi connectivity index (χ1v) is 7.77. The summed E-state index contributed by atoms with van der Waals surface area (Å²) in [5, 5.41) is 31.8. The van der Waals surface area contributed by atoms with E-state index in [1.165, 1.54) is 12.1 Å². The molecule has 0 heterocycles. The first-order chi connectivity index (χ1) is 11.6. The molecule has 0 radical (unpaired) electrons. The first-order valence-electron chi connectivity index (χ1n) is 7.77. The zero-order valence-electron chi connectivity index (χ0n) is 13.3. The number of rotatable bonds is 4. The van der Waals surface area contributed by atoms with Gasteiger partial charge < -0.3 is 15.3 Å². The summed E-state index contributed by atoms with van der Waals surface area (Å²) < 4.78 is 0. The average molecular weight is 321 g/mol. The van der Waals surface area contributed by atoms with Crippen molar-refractivity contribution in [2.75, 3.05) is 0 Å². The van der Waals surface area contributed by atoms with E-state index in [4.69, 9.17) is 0 Å². The molecular weight excluding hydrogens is 302 g/mol. The Morgan fingerprint density at radius 1 is 0.917 bits per heavy atom. The van der Waals surface area contributed by atoms with Crippen LogP contribution in [-0.2, 0) is 0 Å². The monoisotopic (exact) mass is 321 g/mol. The molecule has 0 bridgehead atoms. The summed E-state index contributed by atoms with van der Waals surface area (Å²) in [6.45, 7) is 1.80. The molecule has 3 rings (SSSR count). The normalized spacial score (nSPS) is 14.1. The van der Waals surface area contributed by atoms with Gasteiger partial charge in [0.25, 0.3) is 0 Å². The smallest absolute Gasteiger partial charge is 0.124 e. The Balaban J connectivity index is 1.87.